The molecule has 0 atom stereocenters. The molecule has 0 spiro atoms. The van der Waals surface area contributed by atoms with Crippen LogP contribution in [0.3, 0.4) is 0 Å². The molecule has 0 bridgehead atoms. The number of benzene rings is 2. The maximum atomic E-state index is 11.9. The molecule has 0 aliphatic carbocycles. The van der Waals surface area contributed by atoms with Gasteiger partial charge < -0.3 is 28.2 Å². The molecule has 0 saturated carbocycles. The maximum absolute atomic E-state index is 11.9. The van der Waals surface area contributed by atoms with Gasteiger partial charge in [-0.1, -0.05) is 12.1 Å². The summed E-state index contributed by atoms with van der Waals surface area (Å²) in [5.41, 5.74) is 1.15. The molecule has 25 heavy (non-hydrogen) atoms. The number of carbonyl (C=O) groups is 1. The van der Waals surface area contributed by atoms with Crippen molar-refractivity contribution in [3.63, 3.8) is 0 Å². The molecular formula is C17H20O7Si. The summed E-state index contributed by atoms with van der Waals surface area (Å²) in [4.78, 5) is 11.9. The summed E-state index contributed by atoms with van der Waals surface area (Å²) in [5.74, 6) is -0.360. The van der Waals surface area contributed by atoms with Gasteiger partial charge in [0, 0.05) is 20.3 Å². The third kappa shape index (κ3) is 5.30. The first kappa shape index (κ1) is 18.9. The van der Waals surface area contributed by atoms with E-state index in [-0.39, 0.29) is 18.3 Å². The molecule has 0 aliphatic rings. The van der Waals surface area contributed by atoms with Crippen LogP contribution in [0.2, 0.25) is 0 Å². The fourth-order valence-electron chi connectivity index (χ4n) is 2.11. The standard InChI is InChI=1S/C17H20O7Si/c1-21-25(22-2,11-13-3-7-15(18)8-4-13)24-12-23-17(20)14-5-9-16(19)10-6-14/h3-10,18-19H,11-12H2,1-2H3. The highest BCUT2D eigenvalue weighted by Crippen LogP contribution is 2.18. The van der Waals surface area contributed by atoms with E-state index in [0.717, 1.165) is 5.56 Å². The molecule has 0 aromatic heterocycles. The summed E-state index contributed by atoms with van der Waals surface area (Å²) in [6.07, 6.45) is 0. The fraction of sp³-hybridized carbons (Fsp3) is 0.235. The minimum Gasteiger partial charge on any atom is -0.508 e. The summed E-state index contributed by atoms with van der Waals surface area (Å²) in [6.45, 7) is -0.328. The Labute approximate surface area is 146 Å². The highest BCUT2D eigenvalue weighted by Gasteiger charge is 2.40. The van der Waals surface area contributed by atoms with Crippen LogP contribution in [-0.4, -0.2) is 46.0 Å². The first-order chi connectivity index (χ1) is 12.0. The Morgan fingerprint density at radius 2 is 1.44 bits per heavy atom. The summed E-state index contributed by atoms with van der Waals surface area (Å²) in [5, 5.41) is 18.6. The summed E-state index contributed by atoms with van der Waals surface area (Å²) in [7, 11) is -0.137. The van der Waals surface area contributed by atoms with Crippen LogP contribution in [-0.2, 0) is 24.1 Å². The lowest BCUT2D eigenvalue weighted by atomic mass is 10.2. The Hall–Kier alpha value is -2.39. The smallest absolute Gasteiger partial charge is 0.507 e. The van der Waals surface area contributed by atoms with Gasteiger partial charge >= 0.3 is 14.8 Å². The van der Waals surface area contributed by atoms with E-state index >= 15 is 0 Å². The second-order valence-electron chi connectivity index (χ2n) is 5.18. The van der Waals surface area contributed by atoms with Crippen LogP contribution in [0.5, 0.6) is 11.5 Å². The van der Waals surface area contributed by atoms with Gasteiger partial charge in [0.25, 0.3) is 0 Å². The van der Waals surface area contributed by atoms with Gasteiger partial charge in [0.15, 0.2) is 6.79 Å². The van der Waals surface area contributed by atoms with Crippen molar-refractivity contribution in [1.29, 1.82) is 0 Å². The van der Waals surface area contributed by atoms with Crippen molar-refractivity contribution in [3.8, 4) is 11.5 Å². The quantitative estimate of drug-likeness (QED) is 0.421. The number of aromatic hydroxyl groups is 2. The van der Waals surface area contributed by atoms with Crippen LogP contribution in [0.1, 0.15) is 15.9 Å². The van der Waals surface area contributed by atoms with Gasteiger partial charge in [0.2, 0.25) is 0 Å². The van der Waals surface area contributed by atoms with Gasteiger partial charge in [-0.3, -0.25) is 0 Å². The zero-order chi connectivity index (χ0) is 18.3. The molecule has 2 N–H and O–H groups in total. The summed E-state index contributed by atoms with van der Waals surface area (Å²) < 4.78 is 21.6. The minimum atomic E-state index is -3.08. The zero-order valence-electron chi connectivity index (χ0n) is 14.0. The van der Waals surface area contributed by atoms with Gasteiger partial charge in [-0.05, 0) is 42.0 Å². The molecule has 2 aromatic carbocycles. The lowest BCUT2D eigenvalue weighted by Crippen LogP contribution is -2.47. The Morgan fingerprint density at radius 3 is 1.96 bits per heavy atom. The third-order valence-corrected chi connectivity index (χ3v) is 6.19. The summed E-state index contributed by atoms with van der Waals surface area (Å²) >= 11 is 0. The number of phenols is 2. The number of phenolic OH excluding ortho intramolecular Hbond substituents is 2. The Bertz CT molecular complexity index is 681. The number of hydrogen-bond acceptors (Lipinski definition) is 7. The molecule has 2 rings (SSSR count). The Kier molecular flexibility index (Phi) is 6.54. The van der Waals surface area contributed by atoms with E-state index in [4.69, 9.17) is 18.0 Å². The number of ether oxygens (including phenoxy) is 1. The fourth-order valence-corrected chi connectivity index (χ4v) is 3.88. The van der Waals surface area contributed by atoms with Crippen LogP contribution >= 0.6 is 0 Å². The van der Waals surface area contributed by atoms with Gasteiger partial charge in [0.1, 0.15) is 11.5 Å². The minimum absolute atomic E-state index is 0.0619. The van der Waals surface area contributed by atoms with E-state index in [9.17, 15) is 15.0 Å². The van der Waals surface area contributed by atoms with Crippen LogP contribution in [0.4, 0.5) is 0 Å². The van der Waals surface area contributed by atoms with E-state index < -0.39 is 14.8 Å². The van der Waals surface area contributed by atoms with E-state index in [0.29, 0.717) is 11.6 Å². The predicted octanol–water partition coefficient (Wildman–Crippen LogP) is 2.24. The highest BCUT2D eigenvalue weighted by molar-refractivity contribution is 6.60. The number of carbonyl (C=O) groups excluding carboxylic acids is 1. The van der Waals surface area contributed by atoms with Crippen LogP contribution in [0.25, 0.3) is 0 Å². The number of esters is 1. The third-order valence-electron chi connectivity index (χ3n) is 3.55. The van der Waals surface area contributed by atoms with Crippen molar-refractivity contribution in [2.24, 2.45) is 0 Å². The lowest BCUT2D eigenvalue weighted by Gasteiger charge is -2.26. The normalized spacial score (nSPS) is 11.3. The van der Waals surface area contributed by atoms with Crippen molar-refractivity contribution in [3.05, 3.63) is 59.7 Å². The van der Waals surface area contributed by atoms with E-state index in [2.05, 4.69) is 0 Å². The van der Waals surface area contributed by atoms with E-state index in [1.165, 1.54) is 38.5 Å². The van der Waals surface area contributed by atoms with Crippen molar-refractivity contribution >= 4 is 14.8 Å². The zero-order valence-corrected chi connectivity index (χ0v) is 15.0. The van der Waals surface area contributed by atoms with Crippen LogP contribution in [0.15, 0.2) is 48.5 Å². The van der Waals surface area contributed by atoms with Gasteiger partial charge in [-0.25, -0.2) is 4.79 Å². The SMILES string of the molecule is CO[Si](Cc1ccc(O)cc1)(OC)OCOC(=O)c1ccc(O)cc1. The molecule has 8 heteroatoms. The average molecular weight is 364 g/mol. The largest absolute Gasteiger partial charge is 0.508 e. The molecule has 0 amide bonds. The first-order valence-electron chi connectivity index (χ1n) is 7.46. The molecule has 7 nitrogen and oxygen atoms in total. The van der Waals surface area contributed by atoms with Crippen molar-refractivity contribution in [1.82, 2.24) is 0 Å². The van der Waals surface area contributed by atoms with Crippen LogP contribution < -0.4 is 0 Å². The van der Waals surface area contributed by atoms with Crippen molar-refractivity contribution in [2.45, 2.75) is 6.04 Å². The molecule has 0 heterocycles. The predicted molar refractivity (Wildman–Crippen MR) is 91.1 cm³/mol. The van der Waals surface area contributed by atoms with Crippen molar-refractivity contribution < 1.29 is 33.0 Å². The van der Waals surface area contributed by atoms with Gasteiger partial charge in [-0.15, -0.1) is 0 Å². The molecule has 0 fully saturated rings. The molecule has 0 unspecified atom stereocenters. The first-order valence-corrected chi connectivity index (χ1v) is 9.39. The monoisotopic (exact) mass is 364 g/mol. The molecule has 0 aliphatic heterocycles. The lowest BCUT2D eigenvalue weighted by molar-refractivity contribution is -0.0166. The average Bonchev–Trinajstić information content (AvgIpc) is 2.63. The Balaban J connectivity index is 1.95. The van der Waals surface area contributed by atoms with Gasteiger partial charge in [-0.2, -0.15) is 0 Å². The second-order valence-corrected chi connectivity index (χ2v) is 8.00. The Morgan fingerprint density at radius 1 is 0.920 bits per heavy atom. The molecule has 134 valence electrons. The highest BCUT2D eigenvalue weighted by atomic mass is 28.4. The second kappa shape index (κ2) is 8.63. The maximum Gasteiger partial charge on any atom is 0.507 e. The number of rotatable bonds is 8. The topological polar surface area (TPSA) is 94.5 Å². The summed E-state index contributed by atoms with van der Waals surface area (Å²) in [6, 6.07) is 12.6. The van der Waals surface area contributed by atoms with Crippen LogP contribution in [0, 0.1) is 0 Å². The molecule has 2 aromatic rings. The van der Waals surface area contributed by atoms with Crippen molar-refractivity contribution in [2.75, 3.05) is 21.0 Å². The molecule has 0 saturated heterocycles. The number of hydrogen-bond donors (Lipinski definition) is 2. The van der Waals surface area contributed by atoms with E-state index in [1.54, 1.807) is 24.3 Å². The van der Waals surface area contributed by atoms with E-state index in [1.807, 2.05) is 0 Å². The molecule has 0 radical (unpaired) electrons. The molecular weight excluding hydrogens is 344 g/mol. The van der Waals surface area contributed by atoms with Gasteiger partial charge in [0.05, 0.1) is 5.56 Å².